The van der Waals surface area contributed by atoms with Crippen molar-refractivity contribution < 1.29 is 9.90 Å². The predicted octanol–water partition coefficient (Wildman–Crippen LogP) is 3.49. The van der Waals surface area contributed by atoms with Crippen molar-refractivity contribution in [1.29, 1.82) is 0 Å². The summed E-state index contributed by atoms with van der Waals surface area (Å²) >= 11 is 1.65. The van der Waals surface area contributed by atoms with Crippen molar-refractivity contribution in [2.24, 2.45) is 11.8 Å². The van der Waals surface area contributed by atoms with Crippen LogP contribution in [-0.2, 0) is 11.2 Å². The van der Waals surface area contributed by atoms with Crippen LogP contribution in [0.1, 0.15) is 56.0 Å². The molecule has 1 aromatic heterocycles. The van der Waals surface area contributed by atoms with Crippen LogP contribution in [0.15, 0.2) is 0 Å². The Morgan fingerprint density at radius 1 is 1.30 bits per heavy atom. The van der Waals surface area contributed by atoms with Crippen molar-refractivity contribution in [3.8, 4) is 0 Å². The number of thiazole rings is 1. The number of carboxylic acid groups (broad SMARTS) is 1. The Labute approximate surface area is 123 Å². The summed E-state index contributed by atoms with van der Waals surface area (Å²) in [6.07, 6.45) is 5.22. The van der Waals surface area contributed by atoms with Crippen molar-refractivity contribution in [2.45, 2.75) is 57.9 Å². The fourth-order valence-corrected chi connectivity index (χ4v) is 4.50. The molecule has 1 saturated carbocycles. The van der Waals surface area contributed by atoms with Gasteiger partial charge in [-0.2, -0.15) is 0 Å². The number of nitrogens with one attached hydrogen (secondary N) is 1. The number of fused-ring (bicyclic) bond motifs is 1. The van der Waals surface area contributed by atoms with Gasteiger partial charge in [-0.3, -0.25) is 4.79 Å². The number of carboxylic acids is 1. The van der Waals surface area contributed by atoms with Crippen molar-refractivity contribution in [3.05, 3.63) is 10.6 Å². The molecule has 20 heavy (non-hydrogen) atoms. The number of hydrogen-bond acceptors (Lipinski definition) is 4. The monoisotopic (exact) mass is 294 g/mol. The number of carbonyl (C=O) groups is 1. The van der Waals surface area contributed by atoms with Crippen LogP contribution in [0.4, 0.5) is 5.13 Å². The van der Waals surface area contributed by atoms with E-state index in [1.807, 2.05) is 0 Å². The fourth-order valence-electron chi connectivity index (χ4n) is 3.38. The molecule has 0 saturated heterocycles. The maximum atomic E-state index is 11.2. The molecule has 4 unspecified atom stereocenters. The minimum absolute atomic E-state index is 0.387. The van der Waals surface area contributed by atoms with Crippen LogP contribution in [0.5, 0.6) is 0 Å². The largest absolute Gasteiger partial charge is 0.481 e. The smallest absolute Gasteiger partial charge is 0.312 e. The van der Waals surface area contributed by atoms with Gasteiger partial charge >= 0.3 is 5.97 Å². The van der Waals surface area contributed by atoms with E-state index in [-0.39, 0.29) is 5.92 Å². The number of rotatable bonds is 3. The Bertz CT molecular complexity index is 514. The molecule has 2 N–H and O–H groups in total. The SMILES string of the molecule is CC1CCC(Nc2nc3c(s2)CCC3C(=O)O)CC1C. The molecule has 0 amide bonds. The highest BCUT2D eigenvalue weighted by Crippen LogP contribution is 2.39. The molecule has 2 aliphatic rings. The summed E-state index contributed by atoms with van der Waals surface area (Å²) in [6.45, 7) is 4.65. The standard InChI is InChI=1S/C15H22N2O2S/c1-8-3-4-10(7-9(8)2)16-15-17-13-11(14(18)19)5-6-12(13)20-15/h8-11H,3-7H2,1-2H3,(H,16,17)(H,18,19). The van der Waals surface area contributed by atoms with Gasteiger partial charge in [0, 0.05) is 10.9 Å². The van der Waals surface area contributed by atoms with Gasteiger partial charge in [-0.25, -0.2) is 4.98 Å². The third-order valence-electron chi connectivity index (χ3n) is 4.94. The Hall–Kier alpha value is -1.10. The highest BCUT2D eigenvalue weighted by molar-refractivity contribution is 7.15. The van der Waals surface area contributed by atoms with Crippen molar-refractivity contribution in [2.75, 3.05) is 5.32 Å². The zero-order valence-electron chi connectivity index (χ0n) is 12.1. The minimum Gasteiger partial charge on any atom is -0.481 e. The maximum Gasteiger partial charge on any atom is 0.312 e. The highest BCUT2D eigenvalue weighted by atomic mass is 32.1. The molecule has 2 aliphatic carbocycles. The number of nitrogens with zero attached hydrogens (tertiary/aromatic N) is 1. The van der Waals surface area contributed by atoms with Crippen LogP contribution in [0, 0.1) is 11.8 Å². The molecule has 0 spiro atoms. The number of hydrogen-bond donors (Lipinski definition) is 2. The van der Waals surface area contributed by atoms with Crippen LogP contribution >= 0.6 is 11.3 Å². The third-order valence-corrected chi connectivity index (χ3v) is 6.00. The Kier molecular flexibility index (Phi) is 3.71. The molecule has 1 fully saturated rings. The van der Waals surface area contributed by atoms with E-state index in [0.29, 0.717) is 12.5 Å². The molecule has 0 aromatic carbocycles. The predicted molar refractivity (Wildman–Crippen MR) is 80.4 cm³/mol. The molecule has 3 rings (SSSR count). The van der Waals surface area contributed by atoms with Gasteiger partial charge in [0.25, 0.3) is 0 Å². The lowest BCUT2D eigenvalue weighted by atomic mass is 9.79. The lowest BCUT2D eigenvalue weighted by Gasteiger charge is -2.32. The quantitative estimate of drug-likeness (QED) is 0.895. The van der Waals surface area contributed by atoms with Gasteiger partial charge in [0.2, 0.25) is 0 Å². The number of aryl methyl sites for hydroxylation is 1. The lowest BCUT2D eigenvalue weighted by Crippen LogP contribution is -2.30. The van der Waals surface area contributed by atoms with Crippen molar-refractivity contribution >= 4 is 22.4 Å². The van der Waals surface area contributed by atoms with Crippen molar-refractivity contribution in [1.82, 2.24) is 4.98 Å². The van der Waals surface area contributed by atoms with Gasteiger partial charge in [0.1, 0.15) is 5.92 Å². The number of anilines is 1. The zero-order valence-corrected chi connectivity index (χ0v) is 12.9. The molecular weight excluding hydrogens is 272 g/mol. The van der Waals surface area contributed by atoms with E-state index >= 15 is 0 Å². The molecule has 4 nitrogen and oxygen atoms in total. The normalized spacial score (nSPS) is 32.9. The van der Waals surface area contributed by atoms with E-state index in [1.54, 1.807) is 11.3 Å². The summed E-state index contributed by atoms with van der Waals surface area (Å²) in [4.78, 5) is 16.9. The Balaban J connectivity index is 1.68. The Morgan fingerprint density at radius 3 is 2.80 bits per heavy atom. The molecule has 1 aromatic rings. The molecule has 0 bridgehead atoms. The van der Waals surface area contributed by atoms with E-state index in [0.717, 1.165) is 34.0 Å². The molecular formula is C15H22N2O2S. The number of aromatic nitrogens is 1. The lowest BCUT2D eigenvalue weighted by molar-refractivity contribution is -0.138. The maximum absolute atomic E-state index is 11.2. The zero-order chi connectivity index (χ0) is 14.3. The van der Waals surface area contributed by atoms with Crippen LogP contribution < -0.4 is 5.32 Å². The second-order valence-corrected chi connectivity index (χ2v) is 7.45. The Morgan fingerprint density at radius 2 is 2.10 bits per heavy atom. The first-order chi connectivity index (χ1) is 9.54. The van der Waals surface area contributed by atoms with Gasteiger partial charge < -0.3 is 10.4 Å². The number of aliphatic carboxylic acids is 1. The molecule has 1 heterocycles. The second-order valence-electron chi connectivity index (χ2n) is 6.37. The average molecular weight is 294 g/mol. The van der Waals surface area contributed by atoms with Gasteiger partial charge in [-0.1, -0.05) is 13.8 Å². The first-order valence-corrected chi connectivity index (χ1v) is 8.35. The van der Waals surface area contributed by atoms with Crippen LogP contribution in [0.3, 0.4) is 0 Å². The average Bonchev–Trinajstić information content (AvgIpc) is 2.93. The summed E-state index contributed by atoms with van der Waals surface area (Å²) in [6, 6.07) is 0.496. The topological polar surface area (TPSA) is 62.2 Å². The summed E-state index contributed by atoms with van der Waals surface area (Å²) in [5, 5.41) is 13.7. The van der Waals surface area contributed by atoms with Crippen LogP contribution in [0.2, 0.25) is 0 Å². The first-order valence-electron chi connectivity index (χ1n) is 7.53. The molecule has 4 atom stereocenters. The summed E-state index contributed by atoms with van der Waals surface area (Å²) in [7, 11) is 0. The molecule has 110 valence electrons. The van der Waals surface area contributed by atoms with E-state index in [4.69, 9.17) is 0 Å². The second kappa shape index (κ2) is 5.35. The van der Waals surface area contributed by atoms with E-state index in [9.17, 15) is 9.90 Å². The van der Waals surface area contributed by atoms with Crippen LogP contribution in [-0.4, -0.2) is 22.1 Å². The minimum atomic E-state index is -0.735. The summed E-state index contributed by atoms with van der Waals surface area (Å²) in [5.41, 5.74) is 0.808. The van der Waals surface area contributed by atoms with Gasteiger partial charge in [0.05, 0.1) is 5.69 Å². The van der Waals surface area contributed by atoms with Crippen molar-refractivity contribution in [3.63, 3.8) is 0 Å². The van der Waals surface area contributed by atoms with Crippen LogP contribution in [0.25, 0.3) is 0 Å². The molecule has 5 heteroatoms. The summed E-state index contributed by atoms with van der Waals surface area (Å²) < 4.78 is 0. The molecule has 0 radical (unpaired) electrons. The molecule has 0 aliphatic heterocycles. The van der Waals surface area contributed by atoms with E-state index < -0.39 is 5.97 Å². The first kappa shape index (κ1) is 13.9. The summed E-state index contributed by atoms with van der Waals surface area (Å²) in [5.74, 6) is 0.438. The van der Waals surface area contributed by atoms with Gasteiger partial charge in [-0.15, -0.1) is 11.3 Å². The van der Waals surface area contributed by atoms with Gasteiger partial charge in [-0.05, 0) is 43.9 Å². The fraction of sp³-hybridized carbons (Fsp3) is 0.733. The third kappa shape index (κ3) is 2.55. The van der Waals surface area contributed by atoms with E-state index in [1.165, 1.54) is 19.3 Å². The highest BCUT2D eigenvalue weighted by Gasteiger charge is 2.33. The van der Waals surface area contributed by atoms with E-state index in [2.05, 4.69) is 24.1 Å². The van der Waals surface area contributed by atoms with Gasteiger partial charge in [0.15, 0.2) is 5.13 Å².